The van der Waals surface area contributed by atoms with Gasteiger partial charge in [-0.3, -0.25) is 0 Å². The van der Waals surface area contributed by atoms with E-state index in [2.05, 4.69) is 10.0 Å². The van der Waals surface area contributed by atoms with Gasteiger partial charge in [0.05, 0.1) is 4.90 Å². The van der Waals surface area contributed by atoms with E-state index in [1.165, 1.54) is 33.5 Å². The number of sulfone groups is 1. The van der Waals surface area contributed by atoms with Crippen LogP contribution in [0.25, 0.3) is 10.4 Å². The third-order valence-corrected chi connectivity index (χ3v) is 7.92. The minimum atomic E-state index is -3.85. The second-order valence-corrected chi connectivity index (χ2v) is 9.12. The monoisotopic (exact) mass is 331 g/mol. The summed E-state index contributed by atoms with van der Waals surface area (Å²) in [5.74, 6) is 0. The molecule has 1 aromatic carbocycles. The molecule has 0 amide bonds. The van der Waals surface area contributed by atoms with E-state index in [1.54, 1.807) is 18.2 Å². The summed E-state index contributed by atoms with van der Waals surface area (Å²) in [4.78, 5) is 2.68. The first-order chi connectivity index (χ1) is 9.95. The Morgan fingerprint density at radius 3 is 2.14 bits per heavy atom. The summed E-state index contributed by atoms with van der Waals surface area (Å²) >= 11 is 0. The molecule has 0 aliphatic heterocycles. The molecule has 0 spiro atoms. The summed E-state index contributed by atoms with van der Waals surface area (Å²) in [6.07, 6.45) is 0. The van der Waals surface area contributed by atoms with Crippen LogP contribution in [0.4, 0.5) is 0 Å². The Labute approximate surface area is 124 Å². The van der Waals surface area contributed by atoms with E-state index in [0.29, 0.717) is 0 Å². The van der Waals surface area contributed by atoms with E-state index in [1.807, 2.05) is 0 Å². The second kappa shape index (κ2) is 7.55. The number of nitrogens with zero attached hydrogens (tertiary/aromatic N) is 3. The fourth-order valence-corrected chi connectivity index (χ4v) is 5.77. The number of hydrogen-bond donors (Lipinski definition) is 0. The minimum absolute atomic E-state index is 0.0635. The molecule has 10 heteroatoms. The van der Waals surface area contributed by atoms with Crippen LogP contribution in [-0.4, -0.2) is 43.9 Å². The summed E-state index contributed by atoms with van der Waals surface area (Å²) in [6.45, 7) is 0. The van der Waals surface area contributed by atoms with Crippen molar-refractivity contribution in [3.8, 4) is 0 Å². The van der Waals surface area contributed by atoms with Crippen LogP contribution in [0.5, 0.6) is 0 Å². The number of hydrogen-bond acceptors (Lipinski definition) is 6. The summed E-state index contributed by atoms with van der Waals surface area (Å²) in [6, 6.07) is 7.58. The van der Waals surface area contributed by atoms with Crippen LogP contribution in [0.3, 0.4) is 0 Å². The van der Waals surface area contributed by atoms with Crippen molar-refractivity contribution in [2.75, 3.05) is 21.3 Å². The maximum atomic E-state index is 12.5. The van der Waals surface area contributed by atoms with Crippen LogP contribution >= 0.6 is 0 Å². The molecule has 21 heavy (non-hydrogen) atoms. The Morgan fingerprint density at radius 1 is 1.19 bits per heavy atom. The van der Waals surface area contributed by atoms with Gasteiger partial charge in [0, 0.05) is 32.3 Å². The molecule has 116 valence electrons. The maximum Gasteiger partial charge on any atom is 0.501 e. The largest absolute Gasteiger partial charge is 0.501 e. The minimum Gasteiger partial charge on any atom is -0.377 e. The zero-order valence-electron chi connectivity index (χ0n) is 12.0. The van der Waals surface area contributed by atoms with Gasteiger partial charge < -0.3 is 13.3 Å². The Kier molecular flexibility index (Phi) is 6.34. The Morgan fingerprint density at radius 2 is 1.71 bits per heavy atom. The smallest absolute Gasteiger partial charge is 0.377 e. The third kappa shape index (κ3) is 4.03. The lowest BCUT2D eigenvalue weighted by atomic mass is 10.4. The van der Waals surface area contributed by atoms with Gasteiger partial charge in [-0.15, -0.1) is 0 Å². The molecule has 0 heterocycles. The number of azide groups is 1. The lowest BCUT2D eigenvalue weighted by Gasteiger charge is -2.26. The van der Waals surface area contributed by atoms with Crippen molar-refractivity contribution >= 4 is 18.6 Å². The lowest BCUT2D eigenvalue weighted by molar-refractivity contribution is 0.123. The van der Waals surface area contributed by atoms with E-state index in [4.69, 9.17) is 18.8 Å². The van der Waals surface area contributed by atoms with E-state index < -0.39 is 24.0 Å². The fraction of sp³-hybridized carbons (Fsp3) is 0.455. The van der Waals surface area contributed by atoms with Crippen molar-refractivity contribution in [2.24, 2.45) is 5.11 Å². The normalized spacial score (nSPS) is 13.5. The molecule has 0 aromatic heterocycles. The summed E-state index contributed by atoms with van der Waals surface area (Å²) in [5, 5.41) is 2.02. The van der Waals surface area contributed by atoms with Gasteiger partial charge in [0.1, 0.15) is 5.37 Å². The molecular formula is C11H17N3O5SSi. The first kappa shape index (κ1) is 17.6. The molecule has 0 aliphatic carbocycles. The van der Waals surface area contributed by atoms with Gasteiger partial charge in [-0.25, -0.2) is 8.42 Å². The SMILES string of the molecule is CO[Si](CC(N=[N+]=[N-])S(=O)(=O)c1ccccc1)(OC)OC. The molecule has 0 bridgehead atoms. The third-order valence-electron chi connectivity index (χ3n) is 2.97. The molecule has 0 saturated heterocycles. The van der Waals surface area contributed by atoms with Gasteiger partial charge in [0.25, 0.3) is 0 Å². The molecule has 0 N–H and O–H groups in total. The van der Waals surface area contributed by atoms with Gasteiger partial charge in [-0.1, -0.05) is 23.3 Å². The topological polar surface area (TPSA) is 111 Å². The first-order valence-electron chi connectivity index (χ1n) is 5.94. The number of rotatable bonds is 8. The number of benzene rings is 1. The van der Waals surface area contributed by atoms with Crippen molar-refractivity contribution in [2.45, 2.75) is 16.3 Å². The summed E-state index contributed by atoms with van der Waals surface area (Å²) < 4.78 is 40.6. The highest BCUT2D eigenvalue weighted by Crippen LogP contribution is 2.26. The van der Waals surface area contributed by atoms with Gasteiger partial charge >= 0.3 is 8.80 Å². The van der Waals surface area contributed by atoms with Gasteiger partial charge in [0.2, 0.25) is 0 Å². The van der Waals surface area contributed by atoms with Gasteiger partial charge in [0.15, 0.2) is 9.84 Å². The van der Waals surface area contributed by atoms with Crippen LogP contribution in [-0.2, 0) is 23.1 Å². The highest BCUT2D eigenvalue weighted by atomic mass is 32.2. The van der Waals surface area contributed by atoms with E-state index in [0.717, 1.165) is 0 Å². The maximum absolute atomic E-state index is 12.5. The predicted octanol–water partition coefficient (Wildman–Crippen LogP) is 1.97. The molecule has 1 rings (SSSR count). The molecule has 8 nitrogen and oxygen atoms in total. The zero-order chi connectivity index (χ0) is 15.9. The van der Waals surface area contributed by atoms with Crippen LogP contribution in [0.2, 0.25) is 6.04 Å². The summed E-state index contributed by atoms with van der Waals surface area (Å²) in [7, 11) is -2.97. The molecule has 0 saturated carbocycles. The standard InChI is InChI=1S/C11H17N3O5SSi/c1-17-21(18-2,19-3)9-11(13-14-12)20(15,16)10-7-5-4-6-8-10/h4-8,11H,9H2,1-3H3. The van der Waals surface area contributed by atoms with Crippen molar-refractivity contribution in [3.63, 3.8) is 0 Å². The fourth-order valence-electron chi connectivity index (χ4n) is 1.75. The van der Waals surface area contributed by atoms with Crippen molar-refractivity contribution in [1.29, 1.82) is 0 Å². The Balaban J connectivity index is 3.22. The second-order valence-electron chi connectivity index (χ2n) is 4.02. The van der Waals surface area contributed by atoms with Crippen molar-refractivity contribution < 1.29 is 21.7 Å². The van der Waals surface area contributed by atoms with E-state index in [-0.39, 0.29) is 10.9 Å². The molecule has 1 aromatic rings. The van der Waals surface area contributed by atoms with Crippen molar-refractivity contribution in [1.82, 2.24) is 0 Å². The lowest BCUT2D eigenvalue weighted by Crippen LogP contribution is -2.46. The van der Waals surface area contributed by atoms with Crippen LogP contribution < -0.4 is 0 Å². The van der Waals surface area contributed by atoms with Crippen molar-refractivity contribution in [3.05, 3.63) is 40.8 Å². The Hall–Kier alpha value is -1.42. The molecule has 1 atom stereocenters. The molecule has 0 fully saturated rings. The molecule has 0 aliphatic rings. The average molecular weight is 331 g/mol. The van der Waals surface area contributed by atoms with E-state index >= 15 is 0 Å². The average Bonchev–Trinajstić information content (AvgIpc) is 2.52. The van der Waals surface area contributed by atoms with Gasteiger partial charge in [-0.2, -0.15) is 0 Å². The van der Waals surface area contributed by atoms with Gasteiger partial charge in [-0.05, 0) is 17.7 Å². The Bertz CT molecular complexity index is 591. The molecular weight excluding hydrogens is 314 g/mol. The zero-order valence-corrected chi connectivity index (χ0v) is 13.8. The van der Waals surface area contributed by atoms with Crippen LogP contribution in [0, 0.1) is 0 Å². The summed E-state index contributed by atoms with van der Waals surface area (Å²) in [5.41, 5.74) is 8.65. The highest BCUT2D eigenvalue weighted by molar-refractivity contribution is 7.92. The van der Waals surface area contributed by atoms with E-state index in [9.17, 15) is 8.42 Å². The highest BCUT2D eigenvalue weighted by Gasteiger charge is 2.44. The first-order valence-corrected chi connectivity index (χ1v) is 9.42. The predicted molar refractivity (Wildman–Crippen MR) is 78.1 cm³/mol. The molecule has 0 radical (unpaired) electrons. The van der Waals surface area contributed by atoms with Crippen LogP contribution in [0.1, 0.15) is 0 Å². The molecule has 1 unspecified atom stereocenters. The van der Waals surface area contributed by atoms with Crippen LogP contribution in [0.15, 0.2) is 40.3 Å². The quantitative estimate of drug-likeness (QED) is 0.313.